The van der Waals surface area contributed by atoms with Crippen molar-refractivity contribution in [2.45, 2.75) is 39.2 Å². The number of rotatable bonds is 2. The van der Waals surface area contributed by atoms with Gasteiger partial charge in [0.25, 0.3) is 5.56 Å². The lowest BCUT2D eigenvalue weighted by Gasteiger charge is -2.33. The quantitative estimate of drug-likeness (QED) is 0.854. The van der Waals surface area contributed by atoms with Gasteiger partial charge in [0.1, 0.15) is 5.02 Å². The molecule has 1 aliphatic rings. The van der Waals surface area contributed by atoms with E-state index in [-0.39, 0.29) is 10.6 Å². The van der Waals surface area contributed by atoms with Gasteiger partial charge in [-0.2, -0.15) is 5.10 Å². The van der Waals surface area contributed by atoms with Crippen molar-refractivity contribution in [2.75, 3.05) is 5.32 Å². The van der Waals surface area contributed by atoms with E-state index in [2.05, 4.69) is 29.4 Å². The molecule has 17 heavy (non-hydrogen) atoms. The molecule has 3 unspecified atom stereocenters. The first-order chi connectivity index (χ1) is 8.08. The Morgan fingerprint density at radius 1 is 1.47 bits per heavy atom. The van der Waals surface area contributed by atoms with Crippen molar-refractivity contribution >= 4 is 17.3 Å². The number of nitrogens with one attached hydrogen (secondary N) is 2. The van der Waals surface area contributed by atoms with Gasteiger partial charge in [0, 0.05) is 6.04 Å². The van der Waals surface area contributed by atoms with Crippen molar-refractivity contribution in [2.24, 2.45) is 11.8 Å². The molecule has 4 nitrogen and oxygen atoms in total. The summed E-state index contributed by atoms with van der Waals surface area (Å²) in [6, 6.07) is 0.382. The molecule has 1 saturated carbocycles. The summed E-state index contributed by atoms with van der Waals surface area (Å²) in [5.74, 6) is 1.38. The SMILES string of the molecule is CC1CCC(Nc2cn[nH]c(=O)c2Cl)C(C)C1. The standard InChI is InChI=1S/C12H18ClN3O/c1-7-3-4-9(8(2)5-7)15-10-6-14-16-12(17)11(10)13/h6-9H,3-5H2,1-2H3,(H2,15,16,17). The molecule has 2 N–H and O–H groups in total. The molecule has 0 amide bonds. The van der Waals surface area contributed by atoms with Crippen LogP contribution in [0.4, 0.5) is 5.69 Å². The molecule has 0 aliphatic heterocycles. The van der Waals surface area contributed by atoms with Crippen LogP contribution >= 0.6 is 11.6 Å². The van der Waals surface area contributed by atoms with E-state index < -0.39 is 0 Å². The van der Waals surface area contributed by atoms with Crippen LogP contribution in [0, 0.1) is 11.8 Å². The second-order valence-corrected chi connectivity index (χ2v) is 5.45. The number of aromatic amines is 1. The van der Waals surface area contributed by atoms with Gasteiger partial charge < -0.3 is 5.32 Å². The summed E-state index contributed by atoms with van der Waals surface area (Å²) in [6.07, 6.45) is 5.13. The highest BCUT2D eigenvalue weighted by molar-refractivity contribution is 6.32. The summed E-state index contributed by atoms with van der Waals surface area (Å²) < 4.78 is 0. The number of nitrogens with zero attached hydrogens (tertiary/aromatic N) is 1. The van der Waals surface area contributed by atoms with Crippen LogP contribution in [0.3, 0.4) is 0 Å². The second kappa shape index (κ2) is 5.08. The van der Waals surface area contributed by atoms with Crippen molar-refractivity contribution in [1.29, 1.82) is 0 Å². The van der Waals surface area contributed by atoms with Crippen LogP contribution in [0.1, 0.15) is 33.1 Å². The Labute approximate surface area is 106 Å². The number of hydrogen-bond acceptors (Lipinski definition) is 3. The number of H-pyrrole nitrogens is 1. The first kappa shape index (κ1) is 12.4. The third-order valence-corrected chi connectivity index (χ3v) is 3.94. The highest BCUT2D eigenvalue weighted by atomic mass is 35.5. The van der Waals surface area contributed by atoms with Crippen LogP contribution in [0.5, 0.6) is 0 Å². The van der Waals surface area contributed by atoms with Crippen LogP contribution < -0.4 is 10.9 Å². The second-order valence-electron chi connectivity index (χ2n) is 5.07. The molecule has 3 atom stereocenters. The minimum Gasteiger partial charge on any atom is -0.379 e. The predicted octanol–water partition coefficient (Wildman–Crippen LogP) is 2.66. The van der Waals surface area contributed by atoms with E-state index in [1.807, 2.05) is 0 Å². The monoisotopic (exact) mass is 255 g/mol. The van der Waals surface area contributed by atoms with Crippen LogP contribution in [0.2, 0.25) is 5.02 Å². The van der Waals surface area contributed by atoms with Gasteiger partial charge in [0.05, 0.1) is 11.9 Å². The number of aromatic nitrogens is 2. The van der Waals surface area contributed by atoms with E-state index >= 15 is 0 Å². The minimum absolute atomic E-state index is 0.200. The average Bonchev–Trinajstić information content (AvgIpc) is 2.28. The Kier molecular flexibility index (Phi) is 3.72. The van der Waals surface area contributed by atoms with Gasteiger partial charge >= 0.3 is 0 Å². The van der Waals surface area contributed by atoms with Gasteiger partial charge in [-0.15, -0.1) is 0 Å². The lowest BCUT2D eigenvalue weighted by Crippen LogP contribution is -2.33. The van der Waals surface area contributed by atoms with E-state index in [1.54, 1.807) is 6.20 Å². The van der Waals surface area contributed by atoms with E-state index in [9.17, 15) is 4.79 Å². The zero-order valence-electron chi connectivity index (χ0n) is 10.2. The molecular formula is C12H18ClN3O. The molecule has 0 spiro atoms. The Bertz CT molecular complexity index is 446. The minimum atomic E-state index is -0.339. The number of anilines is 1. The fourth-order valence-electron chi connectivity index (χ4n) is 2.56. The summed E-state index contributed by atoms with van der Waals surface area (Å²) in [6.45, 7) is 4.52. The van der Waals surface area contributed by atoms with E-state index in [0.717, 1.165) is 12.3 Å². The van der Waals surface area contributed by atoms with Crippen LogP contribution in [0.15, 0.2) is 11.0 Å². The fraction of sp³-hybridized carbons (Fsp3) is 0.667. The first-order valence-electron chi connectivity index (χ1n) is 6.07. The summed E-state index contributed by atoms with van der Waals surface area (Å²) in [5, 5.41) is 9.63. The predicted molar refractivity (Wildman–Crippen MR) is 69.5 cm³/mol. The summed E-state index contributed by atoms with van der Waals surface area (Å²) in [7, 11) is 0. The third kappa shape index (κ3) is 2.80. The molecule has 1 aliphatic carbocycles. The molecule has 1 heterocycles. The molecule has 1 fully saturated rings. The highest BCUT2D eigenvalue weighted by Crippen LogP contribution is 2.31. The lowest BCUT2D eigenvalue weighted by molar-refractivity contribution is 0.276. The van der Waals surface area contributed by atoms with Gasteiger partial charge in [-0.1, -0.05) is 25.4 Å². The zero-order valence-corrected chi connectivity index (χ0v) is 10.9. The fourth-order valence-corrected chi connectivity index (χ4v) is 2.71. The normalized spacial score (nSPS) is 29.0. The third-order valence-electron chi connectivity index (χ3n) is 3.57. The van der Waals surface area contributed by atoms with Crippen LogP contribution in [0.25, 0.3) is 0 Å². The Hall–Kier alpha value is -1.03. The summed E-state index contributed by atoms with van der Waals surface area (Å²) >= 11 is 5.94. The summed E-state index contributed by atoms with van der Waals surface area (Å²) in [5.41, 5.74) is 0.301. The lowest BCUT2D eigenvalue weighted by atomic mass is 9.80. The Balaban J connectivity index is 2.10. The van der Waals surface area contributed by atoms with Crippen molar-refractivity contribution in [3.8, 4) is 0 Å². The molecular weight excluding hydrogens is 238 g/mol. The van der Waals surface area contributed by atoms with Gasteiger partial charge in [-0.25, -0.2) is 5.10 Å². The zero-order chi connectivity index (χ0) is 12.4. The maximum atomic E-state index is 11.3. The molecule has 1 aromatic heterocycles. The van der Waals surface area contributed by atoms with Gasteiger partial charge in [-0.05, 0) is 31.1 Å². The molecule has 0 saturated heterocycles. The van der Waals surface area contributed by atoms with Crippen molar-refractivity contribution < 1.29 is 0 Å². The van der Waals surface area contributed by atoms with Gasteiger partial charge in [0.15, 0.2) is 0 Å². The highest BCUT2D eigenvalue weighted by Gasteiger charge is 2.25. The average molecular weight is 256 g/mol. The van der Waals surface area contributed by atoms with E-state index in [0.29, 0.717) is 17.6 Å². The Morgan fingerprint density at radius 3 is 2.94 bits per heavy atom. The van der Waals surface area contributed by atoms with E-state index in [1.165, 1.54) is 12.8 Å². The van der Waals surface area contributed by atoms with E-state index in [4.69, 9.17) is 11.6 Å². The molecule has 0 aromatic carbocycles. The number of hydrogen-bond donors (Lipinski definition) is 2. The summed E-state index contributed by atoms with van der Waals surface area (Å²) in [4.78, 5) is 11.3. The van der Waals surface area contributed by atoms with Crippen molar-refractivity contribution in [1.82, 2.24) is 10.2 Å². The first-order valence-corrected chi connectivity index (χ1v) is 6.45. The molecule has 0 radical (unpaired) electrons. The Morgan fingerprint density at radius 2 is 2.24 bits per heavy atom. The van der Waals surface area contributed by atoms with Gasteiger partial charge in [0.2, 0.25) is 0 Å². The molecule has 1 aromatic rings. The molecule has 2 rings (SSSR count). The van der Waals surface area contributed by atoms with Crippen LogP contribution in [-0.4, -0.2) is 16.2 Å². The maximum Gasteiger partial charge on any atom is 0.285 e. The molecule has 5 heteroatoms. The smallest absolute Gasteiger partial charge is 0.285 e. The van der Waals surface area contributed by atoms with Crippen molar-refractivity contribution in [3.63, 3.8) is 0 Å². The van der Waals surface area contributed by atoms with Crippen LogP contribution in [-0.2, 0) is 0 Å². The number of halogens is 1. The molecule has 94 valence electrons. The van der Waals surface area contributed by atoms with Gasteiger partial charge in [-0.3, -0.25) is 4.79 Å². The molecule has 0 bridgehead atoms. The largest absolute Gasteiger partial charge is 0.379 e. The topological polar surface area (TPSA) is 57.8 Å². The van der Waals surface area contributed by atoms with Crippen molar-refractivity contribution in [3.05, 3.63) is 21.6 Å². The maximum absolute atomic E-state index is 11.3.